The molecule has 4 rings (SSSR count). The van der Waals surface area contributed by atoms with E-state index < -0.39 is 0 Å². The summed E-state index contributed by atoms with van der Waals surface area (Å²) in [6, 6.07) is 3.63. The van der Waals surface area contributed by atoms with E-state index in [1.165, 1.54) is 25.5 Å². The van der Waals surface area contributed by atoms with Crippen LogP contribution < -0.4 is 9.80 Å². The van der Waals surface area contributed by atoms with E-state index in [1.54, 1.807) is 11.0 Å². The van der Waals surface area contributed by atoms with Crippen LogP contribution in [0, 0.1) is 6.92 Å². The van der Waals surface area contributed by atoms with Gasteiger partial charge in [0.2, 0.25) is 11.7 Å². The minimum Gasteiger partial charge on any atom is -0.353 e. The summed E-state index contributed by atoms with van der Waals surface area (Å²) in [5, 5.41) is 3.61. The van der Waals surface area contributed by atoms with E-state index in [2.05, 4.69) is 19.9 Å². The third kappa shape index (κ3) is 3.49. The number of aromatic nitrogens is 3. The van der Waals surface area contributed by atoms with Crippen LogP contribution in [0.25, 0.3) is 0 Å². The Morgan fingerprint density at radius 3 is 2.46 bits per heavy atom. The van der Waals surface area contributed by atoms with Gasteiger partial charge in [0.05, 0.1) is 6.20 Å². The van der Waals surface area contributed by atoms with Crippen molar-refractivity contribution < 1.29 is 9.32 Å². The van der Waals surface area contributed by atoms with Crippen molar-refractivity contribution in [2.75, 3.05) is 49.1 Å². The smallest absolute Gasteiger partial charge is 0.292 e. The Kier molecular flexibility index (Phi) is 4.73. The number of piperidine rings is 1. The number of hydrogen-bond donors (Lipinski definition) is 0. The minimum absolute atomic E-state index is 0.102. The van der Waals surface area contributed by atoms with Gasteiger partial charge in [0, 0.05) is 57.1 Å². The predicted molar refractivity (Wildman–Crippen MR) is 97.5 cm³/mol. The van der Waals surface area contributed by atoms with Crippen molar-refractivity contribution in [1.82, 2.24) is 20.0 Å². The van der Waals surface area contributed by atoms with Gasteiger partial charge < -0.3 is 19.2 Å². The summed E-state index contributed by atoms with van der Waals surface area (Å²) in [5.74, 6) is 1.98. The Labute approximate surface area is 152 Å². The van der Waals surface area contributed by atoms with E-state index in [4.69, 9.17) is 9.51 Å². The second-order valence-corrected chi connectivity index (χ2v) is 6.87. The molecule has 8 nitrogen and oxygen atoms in total. The van der Waals surface area contributed by atoms with Gasteiger partial charge in [0.1, 0.15) is 5.82 Å². The highest BCUT2D eigenvalue weighted by Crippen LogP contribution is 2.22. The molecular formula is C18H24N6O2. The third-order valence-corrected chi connectivity index (χ3v) is 5.01. The lowest BCUT2D eigenvalue weighted by Gasteiger charge is -2.35. The van der Waals surface area contributed by atoms with Crippen LogP contribution in [0.4, 0.5) is 11.8 Å². The number of rotatable bonds is 3. The molecule has 2 saturated heterocycles. The maximum atomic E-state index is 12.4. The Morgan fingerprint density at radius 2 is 1.77 bits per heavy atom. The lowest BCUT2D eigenvalue weighted by Crippen LogP contribution is -2.49. The molecule has 2 aromatic heterocycles. The summed E-state index contributed by atoms with van der Waals surface area (Å²) in [6.45, 7) is 6.85. The molecule has 0 N–H and O–H groups in total. The number of carbonyl (C=O) groups excluding carboxylic acids is 1. The molecule has 2 aliphatic heterocycles. The van der Waals surface area contributed by atoms with Crippen LogP contribution in [0.15, 0.2) is 22.9 Å². The Hall–Kier alpha value is -2.64. The van der Waals surface area contributed by atoms with Gasteiger partial charge in [0.25, 0.3) is 5.91 Å². The Morgan fingerprint density at radius 1 is 1.00 bits per heavy atom. The quantitative estimate of drug-likeness (QED) is 0.828. The van der Waals surface area contributed by atoms with Gasteiger partial charge in [-0.15, -0.1) is 0 Å². The predicted octanol–water partition coefficient (Wildman–Crippen LogP) is 1.73. The Balaban J connectivity index is 1.44. The average molecular weight is 356 g/mol. The molecule has 0 bridgehead atoms. The van der Waals surface area contributed by atoms with Gasteiger partial charge in [-0.3, -0.25) is 4.79 Å². The van der Waals surface area contributed by atoms with Crippen molar-refractivity contribution in [3.8, 4) is 0 Å². The first-order valence-corrected chi connectivity index (χ1v) is 9.26. The van der Waals surface area contributed by atoms with E-state index in [-0.39, 0.29) is 5.91 Å². The molecule has 2 aliphatic rings. The SMILES string of the molecule is Cc1cc(N2CCN(C(=O)c3ccno3)CC2)nc(N2CCCCC2)n1. The number of piperazine rings is 1. The van der Waals surface area contributed by atoms with Crippen LogP contribution in [-0.2, 0) is 0 Å². The van der Waals surface area contributed by atoms with E-state index in [0.717, 1.165) is 43.6 Å². The van der Waals surface area contributed by atoms with Crippen LogP contribution in [-0.4, -0.2) is 65.2 Å². The summed E-state index contributed by atoms with van der Waals surface area (Å²) >= 11 is 0. The number of hydrogen-bond acceptors (Lipinski definition) is 7. The van der Waals surface area contributed by atoms with Crippen molar-refractivity contribution in [3.05, 3.63) is 29.8 Å². The fraction of sp³-hybridized carbons (Fsp3) is 0.556. The highest BCUT2D eigenvalue weighted by Gasteiger charge is 2.25. The molecule has 2 aromatic rings. The molecule has 2 fully saturated rings. The summed E-state index contributed by atoms with van der Waals surface area (Å²) in [4.78, 5) is 28.1. The normalized spacial score (nSPS) is 18.3. The van der Waals surface area contributed by atoms with Crippen molar-refractivity contribution in [3.63, 3.8) is 0 Å². The van der Waals surface area contributed by atoms with Crippen molar-refractivity contribution in [1.29, 1.82) is 0 Å². The van der Waals surface area contributed by atoms with Crippen molar-refractivity contribution in [2.45, 2.75) is 26.2 Å². The molecule has 8 heteroatoms. The number of carbonyl (C=O) groups is 1. The van der Waals surface area contributed by atoms with Gasteiger partial charge in [-0.25, -0.2) is 4.98 Å². The molecule has 0 unspecified atom stereocenters. The van der Waals surface area contributed by atoms with Gasteiger partial charge in [-0.1, -0.05) is 5.16 Å². The topological polar surface area (TPSA) is 78.6 Å². The zero-order valence-corrected chi connectivity index (χ0v) is 15.1. The molecule has 0 aromatic carbocycles. The molecule has 0 atom stereocenters. The van der Waals surface area contributed by atoms with E-state index >= 15 is 0 Å². The summed E-state index contributed by atoms with van der Waals surface area (Å²) < 4.78 is 4.98. The second kappa shape index (κ2) is 7.31. The maximum Gasteiger partial charge on any atom is 0.292 e. The molecule has 1 amide bonds. The molecular weight excluding hydrogens is 332 g/mol. The number of aryl methyl sites for hydroxylation is 1. The van der Waals surface area contributed by atoms with Crippen LogP contribution >= 0.6 is 0 Å². The van der Waals surface area contributed by atoms with Crippen molar-refractivity contribution in [2.24, 2.45) is 0 Å². The van der Waals surface area contributed by atoms with Crippen LogP contribution in [0.2, 0.25) is 0 Å². The molecule has 0 saturated carbocycles. The monoisotopic (exact) mass is 356 g/mol. The van der Waals surface area contributed by atoms with Crippen molar-refractivity contribution >= 4 is 17.7 Å². The Bertz CT molecular complexity index is 749. The fourth-order valence-corrected chi connectivity index (χ4v) is 3.55. The lowest BCUT2D eigenvalue weighted by molar-refractivity contribution is 0.0704. The summed E-state index contributed by atoms with van der Waals surface area (Å²) in [6.07, 6.45) is 5.19. The lowest BCUT2D eigenvalue weighted by atomic mass is 10.1. The van der Waals surface area contributed by atoms with E-state index in [9.17, 15) is 4.79 Å². The molecule has 0 radical (unpaired) electrons. The minimum atomic E-state index is -0.102. The molecule has 138 valence electrons. The third-order valence-electron chi connectivity index (χ3n) is 5.01. The van der Waals surface area contributed by atoms with Crippen LogP contribution in [0.3, 0.4) is 0 Å². The average Bonchev–Trinajstić information content (AvgIpc) is 3.22. The first-order valence-electron chi connectivity index (χ1n) is 9.26. The molecule has 0 spiro atoms. The first-order chi connectivity index (χ1) is 12.7. The second-order valence-electron chi connectivity index (χ2n) is 6.87. The highest BCUT2D eigenvalue weighted by molar-refractivity contribution is 5.91. The van der Waals surface area contributed by atoms with Gasteiger partial charge in [-0.05, 0) is 26.2 Å². The highest BCUT2D eigenvalue weighted by atomic mass is 16.5. The van der Waals surface area contributed by atoms with E-state index in [1.807, 2.05) is 13.0 Å². The maximum absolute atomic E-state index is 12.4. The largest absolute Gasteiger partial charge is 0.353 e. The molecule has 0 aliphatic carbocycles. The number of anilines is 2. The van der Waals surface area contributed by atoms with Gasteiger partial charge in [0.15, 0.2) is 0 Å². The van der Waals surface area contributed by atoms with E-state index in [0.29, 0.717) is 18.8 Å². The number of nitrogens with zero attached hydrogens (tertiary/aromatic N) is 6. The fourth-order valence-electron chi connectivity index (χ4n) is 3.55. The summed E-state index contributed by atoms with van der Waals surface area (Å²) in [7, 11) is 0. The summed E-state index contributed by atoms with van der Waals surface area (Å²) in [5.41, 5.74) is 0.982. The van der Waals surface area contributed by atoms with Gasteiger partial charge in [-0.2, -0.15) is 4.98 Å². The zero-order valence-electron chi connectivity index (χ0n) is 15.1. The standard InChI is InChI=1S/C18H24N6O2/c1-14-13-16(21-18(20-14)24-7-3-2-4-8-24)22-9-11-23(12-10-22)17(25)15-5-6-19-26-15/h5-6,13H,2-4,7-12H2,1H3. The molecule has 4 heterocycles. The van der Waals surface area contributed by atoms with Gasteiger partial charge >= 0.3 is 0 Å². The number of amides is 1. The molecule has 26 heavy (non-hydrogen) atoms. The first kappa shape index (κ1) is 16.8. The van der Waals surface area contributed by atoms with Crippen LogP contribution in [0.1, 0.15) is 35.5 Å². The zero-order chi connectivity index (χ0) is 17.9. The van der Waals surface area contributed by atoms with Crippen LogP contribution in [0.5, 0.6) is 0 Å².